The van der Waals surface area contributed by atoms with Crippen molar-refractivity contribution < 1.29 is 4.79 Å². The Morgan fingerprint density at radius 1 is 1.50 bits per heavy atom. The number of aryl methyl sites for hydroxylation is 1. The summed E-state index contributed by atoms with van der Waals surface area (Å²) in [5.41, 5.74) is 1.32. The van der Waals surface area contributed by atoms with Gasteiger partial charge >= 0.3 is 0 Å². The van der Waals surface area contributed by atoms with Gasteiger partial charge in [0.2, 0.25) is 5.91 Å². The lowest BCUT2D eigenvalue weighted by Crippen LogP contribution is -2.29. The Morgan fingerprint density at radius 2 is 2.39 bits per heavy atom. The average molecular weight is 285 g/mol. The lowest BCUT2D eigenvalue weighted by Gasteiger charge is -2.14. The Kier molecular flexibility index (Phi) is 5.23. The third kappa shape index (κ3) is 4.44. The van der Waals surface area contributed by atoms with Crippen molar-refractivity contribution in [3.63, 3.8) is 0 Å². The van der Waals surface area contributed by atoms with E-state index in [1.54, 1.807) is 11.3 Å². The summed E-state index contributed by atoms with van der Waals surface area (Å²) < 4.78 is 0.783. The summed E-state index contributed by atoms with van der Waals surface area (Å²) in [7, 11) is 0. The Bertz CT molecular complexity index is 442. The van der Waals surface area contributed by atoms with Crippen LogP contribution in [0.3, 0.4) is 0 Å². The van der Waals surface area contributed by atoms with Crippen LogP contribution in [0.15, 0.2) is 23.8 Å². The number of thiophene rings is 1. The molecule has 0 saturated heterocycles. The third-order valence-electron chi connectivity index (χ3n) is 2.90. The van der Waals surface area contributed by atoms with Gasteiger partial charge in [0.05, 0.1) is 4.34 Å². The highest BCUT2D eigenvalue weighted by atomic mass is 35.5. The van der Waals surface area contributed by atoms with Crippen LogP contribution >= 0.6 is 22.9 Å². The number of carbonyl (C=O) groups excluding carboxylic acids is 1. The molecule has 0 fully saturated rings. The zero-order valence-electron chi connectivity index (χ0n) is 10.2. The number of nitrogens with one attached hydrogen (secondary N) is 2. The molecule has 98 valence electrons. The summed E-state index contributed by atoms with van der Waals surface area (Å²) >= 11 is 7.38. The molecule has 2 N–H and O–H groups in total. The van der Waals surface area contributed by atoms with Crippen molar-refractivity contribution in [1.82, 2.24) is 10.6 Å². The average Bonchev–Trinajstić information content (AvgIpc) is 2.81. The minimum Gasteiger partial charge on any atom is -0.352 e. The molecule has 2 rings (SSSR count). The van der Waals surface area contributed by atoms with Gasteiger partial charge < -0.3 is 10.6 Å². The molecule has 5 heteroatoms. The highest BCUT2D eigenvalue weighted by Crippen LogP contribution is 2.22. The van der Waals surface area contributed by atoms with Gasteiger partial charge in [-0.05, 0) is 31.5 Å². The Morgan fingerprint density at radius 3 is 3.06 bits per heavy atom. The van der Waals surface area contributed by atoms with Crippen molar-refractivity contribution in [3.05, 3.63) is 33.0 Å². The quantitative estimate of drug-likeness (QED) is 0.815. The van der Waals surface area contributed by atoms with E-state index in [2.05, 4.69) is 16.7 Å². The van der Waals surface area contributed by atoms with Crippen molar-refractivity contribution in [3.8, 4) is 0 Å². The molecule has 1 aromatic heterocycles. The second-order valence-electron chi connectivity index (χ2n) is 4.30. The van der Waals surface area contributed by atoms with Gasteiger partial charge in [-0.2, -0.15) is 0 Å². The summed E-state index contributed by atoms with van der Waals surface area (Å²) in [6.07, 6.45) is 4.48. The van der Waals surface area contributed by atoms with Crippen LogP contribution < -0.4 is 10.6 Å². The Balaban J connectivity index is 1.67. The second kappa shape index (κ2) is 6.92. The molecule has 0 saturated carbocycles. The molecule has 2 heterocycles. The second-order valence-corrected chi connectivity index (χ2v) is 6.10. The minimum atomic E-state index is 0.110. The van der Waals surface area contributed by atoms with Crippen molar-refractivity contribution in [1.29, 1.82) is 0 Å². The SMILES string of the molecule is O=C(CCc1ccc(Cl)s1)NCC1=CCNCC1. The number of rotatable bonds is 5. The molecule has 1 aliphatic heterocycles. The van der Waals surface area contributed by atoms with Gasteiger partial charge in [0, 0.05) is 24.4 Å². The zero-order valence-corrected chi connectivity index (χ0v) is 11.7. The van der Waals surface area contributed by atoms with Crippen LogP contribution in [0.25, 0.3) is 0 Å². The predicted molar refractivity (Wildman–Crippen MR) is 76.2 cm³/mol. The number of halogens is 1. The third-order valence-corrected chi connectivity index (χ3v) is 4.19. The molecule has 0 unspecified atom stereocenters. The van der Waals surface area contributed by atoms with Crippen LogP contribution in [-0.2, 0) is 11.2 Å². The normalized spacial score (nSPS) is 15.3. The van der Waals surface area contributed by atoms with E-state index in [0.717, 1.165) is 35.1 Å². The molecule has 1 aromatic rings. The van der Waals surface area contributed by atoms with Gasteiger partial charge in [-0.3, -0.25) is 4.79 Å². The molecule has 18 heavy (non-hydrogen) atoms. The first-order valence-corrected chi connectivity index (χ1v) is 7.33. The minimum absolute atomic E-state index is 0.110. The first-order chi connectivity index (χ1) is 8.74. The van der Waals surface area contributed by atoms with Crippen molar-refractivity contribution in [2.75, 3.05) is 19.6 Å². The molecule has 0 aliphatic carbocycles. The lowest BCUT2D eigenvalue weighted by molar-refractivity contribution is -0.120. The van der Waals surface area contributed by atoms with Gasteiger partial charge in [-0.1, -0.05) is 23.3 Å². The van der Waals surface area contributed by atoms with Gasteiger partial charge in [0.1, 0.15) is 0 Å². The fourth-order valence-electron chi connectivity index (χ4n) is 1.85. The molecule has 1 amide bonds. The van der Waals surface area contributed by atoms with Crippen molar-refractivity contribution >= 4 is 28.8 Å². The van der Waals surface area contributed by atoms with E-state index in [1.165, 1.54) is 5.57 Å². The van der Waals surface area contributed by atoms with Crippen LogP contribution in [0.4, 0.5) is 0 Å². The maximum absolute atomic E-state index is 11.7. The van der Waals surface area contributed by atoms with Crippen LogP contribution in [-0.4, -0.2) is 25.5 Å². The van der Waals surface area contributed by atoms with E-state index in [4.69, 9.17) is 11.6 Å². The molecule has 0 radical (unpaired) electrons. The first kappa shape index (κ1) is 13.6. The van der Waals surface area contributed by atoms with E-state index in [0.29, 0.717) is 13.0 Å². The van der Waals surface area contributed by atoms with E-state index in [-0.39, 0.29) is 5.91 Å². The van der Waals surface area contributed by atoms with Crippen LogP contribution in [0.2, 0.25) is 4.34 Å². The predicted octanol–water partition coefficient (Wildman–Crippen LogP) is 2.37. The van der Waals surface area contributed by atoms with E-state index in [1.807, 2.05) is 12.1 Å². The molecule has 0 spiro atoms. The maximum atomic E-state index is 11.7. The highest BCUT2D eigenvalue weighted by Gasteiger charge is 2.06. The number of hydrogen-bond acceptors (Lipinski definition) is 3. The fourth-order valence-corrected chi connectivity index (χ4v) is 2.94. The van der Waals surface area contributed by atoms with Crippen molar-refractivity contribution in [2.45, 2.75) is 19.3 Å². The molecule has 1 aliphatic rings. The molecule has 0 aromatic carbocycles. The molecular formula is C13H17ClN2OS. The summed E-state index contributed by atoms with van der Waals surface area (Å²) in [5, 5.41) is 6.22. The van der Waals surface area contributed by atoms with E-state index < -0.39 is 0 Å². The van der Waals surface area contributed by atoms with Crippen LogP contribution in [0.1, 0.15) is 17.7 Å². The monoisotopic (exact) mass is 284 g/mol. The number of hydrogen-bond donors (Lipinski definition) is 2. The summed E-state index contributed by atoms with van der Waals surface area (Å²) in [4.78, 5) is 12.8. The molecule has 0 atom stereocenters. The number of amides is 1. The Hall–Kier alpha value is -0.840. The largest absolute Gasteiger partial charge is 0.352 e. The highest BCUT2D eigenvalue weighted by molar-refractivity contribution is 7.16. The van der Waals surface area contributed by atoms with Crippen LogP contribution in [0, 0.1) is 0 Å². The smallest absolute Gasteiger partial charge is 0.220 e. The van der Waals surface area contributed by atoms with Crippen LogP contribution in [0.5, 0.6) is 0 Å². The van der Waals surface area contributed by atoms with Gasteiger partial charge in [0.15, 0.2) is 0 Å². The molecular weight excluding hydrogens is 268 g/mol. The summed E-state index contributed by atoms with van der Waals surface area (Å²) in [6.45, 7) is 2.61. The van der Waals surface area contributed by atoms with Gasteiger partial charge in [0.25, 0.3) is 0 Å². The number of carbonyl (C=O) groups is 1. The summed E-state index contributed by atoms with van der Waals surface area (Å²) in [5.74, 6) is 0.110. The van der Waals surface area contributed by atoms with Gasteiger partial charge in [-0.25, -0.2) is 0 Å². The van der Waals surface area contributed by atoms with Gasteiger partial charge in [-0.15, -0.1) is 11.3 Å². The van der Waals surface area contributed by atoms with E-state index in [9.17, 15) is 4.79 Å². The topological polar surface area (TPSA) is 41.1 Å². The molecule has 3 nitrogen and oxygen atoms in total. The standard InChI is InChI=1S/C13H17ClN2OS/c14-12-3-1-11(18-12)2-4-13(17)16-9-10-5-7-15-8-6-10/h1,3,5,15H,2,4,6-9H2,(H,16,17). The van der Waals surface area contributed by atoms with Crippen molar-refractivity contribution in [2.24, 2.45) is 0 Å². The lowest BCUT2D eigenvalue weighted by atomic mass is 10.1. The zero-order chi connectivity index (χ0) is 12.8. The maximum Gasteiger partial charge on any atom is 0.220 e. The van der Waals surface area contributed by atoms with E-state index >= 15 is 0 Å². The first-order valence-electron chi connectivity index (χ1n) is 6.13. The molecule has 0 bridgehead atoms. The Labute approximate surface area is 116 Å². The summed E-state index contributed by atoms with van der Waals surface area (Å²) in [6, 6.07) is 3.86. The fraction of sp³-hybridized carbons (Fsp3) is 0.462.